The van der Waals surface area contributed by atoms with Crippen LogP contribution in [0.15, 0.2) is 254 Å². The summed E-state index contributed by atoms with van der Waals surface area (Å²) in [4.78, 5) is 19.4. The van der Waals surface area contributed by atoms with E-state index in [-0.39, 0.29) is 5.57 Å². The number of hydrogen-bond acceptors (Lipinski definition) is 4. The first kappa shape index (κ1) is 41.9. The first-order chi connectivity index (χ1) is 28.9. The molecule has 0 N–H and O–H groups in total. The van der Waals surface area contributed by atoms with E-state index in [1.54, 1.807) is 0 Å². The number of carbonyl (C=O) groups is 2. The van der Waals surface area contributed by atoms with Gasteiger partial charge in [0, 0.05) is 0 Å². The highest BCUT2D eigenvalue weighted by molar-refractivity contribution is 8.02. The van der Waals surface area contributed by atoms with Gasteiger partial charge in [-0.2, -0.15) is 0 Å². The fourth-order valence-corrected chi connectivity index (χ4v) is 15.8. The van der Waals surface area contributed by atoms with Crippen LogP contribution in [0.4, 0.5) is 0 Å². The molecule has 0 spiro atoms. The number of carbonyl (C=O) groups excluding carboxylic acids is 2. The van der Waals surface area contributed by atoms with E-state index in [1.165, 1.54) is 42.4 Å². The fraction of sp³-hybridized carbons (Fsp3) is 0.0189. The molecule has 0 unspecified atom stereocenters. The third-order valence-electron chi connectivity index (χ3n) is 9.80. The van der Waals surface area contributed by atoms with Crippen LogP contribution in [-0.4, -0.2) is 11.9 Å². The summed E-state index contributed by atoms with van der Waals surface area (Å²) in [6.07, 6.45) is 0.468. The van der Waals surface area contributed by atoms with Crippen molar-refractivity contribution in [1.29, 1.82) is 0 Å². The van der Waals surface area contributed by atoms with Crippen LogP contribution in [0, 0.1) is 0 Å². The first-order valence-electron chi connectivity index (χ1n) is 19.2. The van der Waals surface area contributed by atoms with Gasteiger partial charge in [-0.15, -0.1) is 0 Å². The van der Waals surface area contributed by atoms with Crippen molar-refractivity contribution in [2.45, 2.75) is 6.92 Å². The number of hydrogen-bond donors (Lipinski definition) is 0. The Bertz CT molecular complexity index is 2030. The number of carboxylic acid groups (broad SMARTS) is 2. The van der Waals surface area contributed by atoms with Crippen LogP contribution in [0.2, 0.25) is 0 Å². The van der Waals surface area contributed by atoms with Gasteiger partial charge in [0.05, 0.1) is 11.9 Å². The molecular formula is C53H44O4P2. The van der Waals surface area contributed by atoms with Crippen LogP contribution >= 0.6 is 14.5 Å². The minimum atomic E-state index is -1.91. The van der Waals surface area contributed by atoms with Gasteiger partial charge in [-0.25, -0.2) is 0 Å². The average molecular weight is 807 g/mol. The SMILES string of the molecule is C/C(=C/C(=O)[O-])C(=O)[O-].c1ccc([P+](c2ccccc2)(c2ccccc2)c2ccccc2)cc1.c1ccc([P+](c2ccccc2)(c2ccccc2)c2ccccc2)cc1. The molecule has 290 valence electrons. The molecule has 0 aromatic heterocycles. The van der Waals surface area contributed by atoms with Gasteiger partial charge in [0.1, 0.15) is 57.0 Å². The summed E-state index contributed by atoms with van der Waals surface area (Å²) in [6, 6.07) is 87.7. The Hall–Kier alpha value is -6.70. The molecule has 6 heteroatoms. The molecule has 0 amide bonds. The smallest absolute Gasteiger partial charge is 0.144 e. The van der Waals surface area contributed by atoms with Crippen molar-refractivity contribution in [2.24, 2.45) is 0 Å². The van der Waals surface area contributed by atoms with Crippen LogP contribution in [0.5, 0.6) is 0 Å². The minimum absolute atomic E-state index is 0.352. The molecule has 0 radical (unpaired) electrons. The molecule has 0 aliphatic rings. The van der Waals surface area contributed by atoms with Gasteiger partial charge in [-0.1, -0.05) is 146 Å². The third-order valence-corrected chi connectivity index (χ3v) is 18.4. The molecule has 0 heterocycles. The predicted molar refractivity (Wildman–Crippen MR) is 246 cm³/mol. The van der Waals surface area contributed by atoms with Gasteiger partial charge in [0.2, 0.25) is 0 Å². The highest BCUT2D eigenvalue weighted by Crippen LogP contribution is 2.55. The molecule has 0 aliphatic heterocycles. The zero-order valence-corrected chi connectivity index (χ0v) is 34.5. The zero-order valence-electron chi connectivity index (χ0n) is 32.7. The lowest BCUT2D eigenvalue weighted by Crippen LogP contribution is -2.38. The summed E-state index contributed by atoms with van der Waals surface area (Å²) in [5, 5.41) is 30.5. The topological polar surface area (TPSA) is 80.3 Å². The van der Waals surface area contributed by atoms with E-state index in [0.717, 1.165) is 6.92 Å². The van der Waals surface area contributed by atoms with Crippen LogP contribution in [0.25, 0.3) is 0 Å². The molecule has 4 nitrogen and oxygen atoms in total. The molecular weight excluding hydrogens is 763 g/mol. The second-order valence-corrected chi connectivity index (χ2v) is 20.3. The minimum Gasteiger partial charge on any atom is -0.545 e. The molecule has 0 fully saturated rings. The second-order valence-electron chi connectivity index (χ2n) is 13.5. The fourth-order valence-electron chi connectivity index (χ4n) is 7.24. The van der Waals surface area contributed by atoms with E-state index >= 15 is 0 Å². The summed E-state index contributed by atoms with van der Waals surface area (Å²) in [5.74, 6) is -3.03. The van der Waals surface area contributed by atoms with Crippen molar-refractivity contribution in [3.05, 3.63) is 254 Å². The van der Waals surface area contributed by atoms with Gasteiger partial charge < -0.3 is 19.8 Å². The molecule has 0 saturated carbocycles. The van der Waals surface area contributed by atoms with Gasteiger partial charge in [0.15, 0.2) is 0 Å². The van der Waals surface area contributed by atoms with Crippen molar-refractivity contribution in [3.8, 4) is 0 Å². The molecule has 0 atom stereocenters. The van der Waals surface area contributed by atoms with Crippen LogP contribution in [0.1, 0.15) is 6.92 Å². The Labute approximate surface area is 348 Å². The average Bonchev–Trinajstić information content (AvgIpc) is 3.30. The maximum absolute atomic E-state index is 9.76. The highest BCUT2D eigenvalue weighted by Gasteiger charge is 2.48. The Morgan fingerprint density at radius 1 is 0.322 bits per heavy atom. The molecule has 0 saturated heterocycles. The van der Waals surface area contributed by atoms with E-state index in [9.17, 15) is 19.8 Å². The van der Waals surface area contributed by atoms with Crippen molar-refractivity contribution in [2.75, 3.05) is 0 Å². The number of benzene rings is 8. The molecule has 0 aliphatic carbocycles. The monoisotopic (exact) mass is 806 g/mol. The largest absolute Gasteiger partial charge is 0.545 e. The predicted octanol–water partition coefficient (Wildman–Crippen LogP) is 6.04. The summed E-state index contributed by atoms with van der Waals surface area (Å²) < 4.78 is 0. The van der Waals surface area contributed by atoms with Crippen LogP contribution < -0.4 is 52.6 Å². The molecule has 8 aromatic carbocycles. The van der Waals surface area contributed by atoms with E-state index < -0.39 is 26.5 Å². The van der Waals surface area contributed by atoms with E-state index in [4.69, 9.17) is 0 Å². The lowest BCUT2D eigenvalue weighted by Gasteiger charge is -2.27. The van der Waals surface area contributed by atoms with Gasteiger partial charge in [-0.05, 0) is 116 Å². The summed E-state index contributed by atoms with van der Waals surface area (Å²) in [6.45, 7) is 1.12. The van der Waals surface area contributed by atoms with Crippen LogP contribution in [0.3, 0.4) is 0 Å². The van der Waals surface area contributed by atoms with Crippen molar-refractivity contribution in [3.63, 3.8) is 0 Å². The van der Waals surface area contributed by atoms with Crippen molar-refractivity contribution in [1.82, 2.24) is 0 Å². The normalized spacial score (nSPS) is 11.2. The summed E-state index contributed by atoms with van der Waals surface area (Å²) in [5.41, 5.74) is -0.352. The summed E-state index contributed by atoms with van der Waals surface area (Å²) in [7, 11) is -3.81. The Morgan fingerprint density at radius 3 is 0.576 bits per heavy atom. The van der Waals surface area contributed by atoms with Crippen molar-refractivity contribution < 1.29 is 19.8 Å². The molecule has 8 rings (SSSR count). The van der Waals surface area contributed by atoms with E-state index in [2.05, 4.69) is 243 Å². The maximum atomic E-state index is 9.76. The van der Waals surface area contributed by atoms with E-state index in [0.29, 0.717) is 6.08 Å². The summed E-state index contributed by atoms with van der Waals surface area (Å²) >= 11 is 0. The highest BCUT2D eigenvalue weighted by atomic mass is 31.2. The lowest BCUT2D eigenvalue weighted by molar-refractivity contribution is -0.302. The third kappa shape index (κ3) is 9.71. The van der Waals surface area contributed by atoms with Gasteiger partial charge in [-0.3, -0.25) is 0 Å². The standard InChI is InChI=1S/2C24H20P.C5H6O4/c2*1-5-13-21(14-6-1)25(22-15-7-2-8-16-22,23-17-9-3-10-18-23)24-19-11-4-12-20-24;1-3(5(8)9)2-4(6)7/h2*1-20H;2H,1H3,(H,6,7)(H,8,9)/q2*+1;/p-2/b;;3-2-. The lowest BCUT2D eigenvalue weighted by atomic mass is 10.3. The van der Waals surface area contributed by atoms with Crippen LogP contribution in [-0.2, 0) is 9.59 Å². The first-order valence-corrected chi connectivity index (χ1v) is 22.8. The Morgan fingerprint density at radius 2 is 0.475 bits per heavy atom. The quantitative estimate of drug-likeness (QED) is 0.125. The zero-order chi connectivity index (χ0) is 41.3. The maximum Gasteiger partial charge on any atom is 0.144 e. The number of rotatable bonds is 10. The Kier molecular flexibility index (Phi) is 14.7. The Balaban J connectivity index is 0.000000165. The number of aliphatic carboxylic acids is 2. The number of carboxylic acids is 2. The van der Waals surface area contributed by atoms with Crippen molar-refractivity contribution >= 4 is 68.9 Å². The molecule has 59 heavy (non-hydrogen) atoms. The molecule has 0 bridgehead atoms. The molecule has 8 aromatic rings. The van der Waals surface area contributed by atoms with E-state index in [1.807, 2.05) is 0 Å². The second kappa shape index (κ2) is 20.6. The van der Waals surface area contributed by atoms with Gasteiger partial charge >= 0.3 is 0 Å². The van der Waals surface area contributed by atoms with Gasteiger partial charge in [0.25, 0.3) is 0 Å².